The number of nitriles is 1. The molecule has 1 saturated heterocycles. The van der Waals surface area contributed by atoms with Gasteiger partial charge in [0.2, 0.25) is 0 Å². The van der Waals surface area contributed by atoms with Gasteiger partial charge >= 0.3 is 0 Å². The molecule has 19 heavy (non-hydrogen) atoms. The molecule has 3 rings (SSSR count). The van der Waals surface area contributed by atoms with Crippen LogP contribution in [0.1, 0.15) is 28.8 Å². The Balaban J connectivity index is 1.73. The molecule has 1 aliphatic heterocycles. The average Bonchev–Trinajstić information content (AvgIpc) is 3.01. The smallest absolute Gasteiger partial charge is 0.253 e. The van der Waals surface area contributed by atoms with Crippen LogP contribution in [-0.2, 0) is 0 Å². The van der Waals surface area contributed by atoms with Crippen molar-refractivity contribution in [1.82, 2.24) is 4.90 Å². The number of amides is 1. The fourth-order valence-corrected chi connectivity index (χ4v) is 3.34. The van der Waals surface area contributed by atoms with Gasteiger partial charge in [0.25, 0.3) is 5.91 Å². The molecular weight excluding hydrogens is 238 g/mol. The van der Waals surface area contributed by atoms with Crippen molar-refractivity contribution in [2.24, 2.45) is 17.6 Å². The highest BCUT2D eigenvalue weighted by Gasteiger charge is 2.42. The Hall–Kier alpha value is -1.86. The van der Waals surface area contributed by atoms with Crippen molar-refractivity contribution in [2.45, 2.75) is 18.9 Å². The van der Waals surface area contributed by atoms with Gasteiger partial charge in [-0.05, 0) is 48.9 Å². The zero-order valence-corrected chi connectivity index (χ0v) is 10.7. The number of likely N-dealkylation sites (tertiary alicyclic amines) is 1. The van der Waals surface area contributed by atoms with Crippen LogP contribution in [-0.4, -0.2) is 29.9 Å². The van der Waals surface area contributed by atoms with E-state index in [1.807, 2.05) is 4.90 Å². The number of carbonyl (C=O) groups is 1. The summed E-state index contributed by atoms with van der Waals surface area (Å²) in [6.07, 6.45) is 2.23. The van der Waals surface area contributed by atoms with E-state index in [9.17, 15) is 4.79 Å². The van der Waals surface area contributed by atoms with Crippen LogP contribution in [0.15, 0.2) is 24.3 Å². The Labute approximate surface area is 112 Å². The van der Waals surface area contributed by atoms with Gasteiger partial charge in [0, 0.05) is 24.7 Å². The van der Waals surface area contributed by atoms with Gasteiger partial charge < -0.3 is 10.6 Å². The van der Waals surface area contributed by atoms with E-state index in [4.69, 9.17) is 11.0 Å². The number of rotatable bonds is 1. The molecule has 1 aromatic rings. The Morgan fingerprint density at radius 1 is 1.26 bits per heavy atom. The second-order valence-electron chi connectivity index (χ2n) is 5.56. The molecule has 1 aromatic carbocycles. The van der Waals surface area contributed by atoms with Crippen LogP contribution >= 0.6 is 0 Å². The highest BCUT2D eigenvalue weighted by Crippen LogP contribution is 2.37. The van der Waals surface area contributed by atoms with Gasteiger partial charge in [0.15, 0.2) is 0 Å². The molecule has 98 valence electrons. The summed E-state index contributed by atoms with van der Waals surface area (Å²) in [5.74, 6) is 1.12. The van der Waals surface area contributed by atoms with E-state index in [0.29, 0.717) is 23.0 Å². The number of carbonyl (C=O) groups excluding carboxylic acids is 1. The first kappa shape index (κ1) is 12.2. The van der Waals surface area contributed by atoms with Gasteiger partial charge in [-0.2, -0.15) is 5.26 Å². The molecule has 1 aliphatic carbocycles. The van der Waals surface area contributed by atoms with Gasteiger partial charge in [0.1, 0.15) is 0 Å². The Kier molecular flexibility index (Phi) is 3.00. The summed E-state index contributed by atoms with van der Waals surface area (Å²) < 4.78 is 0. The van der Waals surface area contributed by atoms with Gasteiger partial charge in [-0.15, -0.1) is 0 Å². The number of nitrogens with zero attached hydrogens (tertiary/aromatic N) is 2. The van der Waals surface area contributed by atoms with E-state index in [1.165, 1.54) is 0 Å². The van der Waals surface area contributed by atoms with E-state index >= 15 is 0 Å². The van der Waals surface area contributed by atoms with Gasteiger partial charge in [-0.25, -0.2) is 0 Å². The summed E-state index contributed by atoms with van der Waals surface area (Å²) in [7, 11) is 0. The third-order valence-corrected chi connectivity index (χ3v) is 4.46. The maximum absolute atomic E-state index is 12.4. The predicted octanol–water partition coefficient (Wildman–Crippen LogP) is 1.37. The first-order chi connectivity index (χ1) is 9.19. The molecule has 0 spiro atoms. The largest absolute Gasteiger partial charge is 0.338 e. The number of hydrogen-bond acceptors (Lipinski definition) is 3. The average molecular weight is 255 g/mol. The second-order valence-corrected chi connectivity index (χ2v) is 5.56. The minimum Gasteiger partial charge on any atom is -0.338 e. The van der Waals surface area contributed by atoms with Crippen LogP contribution in [0, 0.1) is 23.2 Å². The zero-order chi connectivity index (χ0) is 13.4. The summed E-state index contributed by atoms with van der Waals surface area (Å²) in [5.41, 5.74) is 7.33. The minimum atomic E-state index is 0.0612. The normalized spacial score (nSPS) is 29.1. The van der Waals surface area contributed by atoms with Crippen LogP contribution in [0.2, 0.25) is 0 Å². The molecule has 4 nitrogen and oxygen atoms in total. The van der Waals surface area contributed by atoms with Crippen molar-refractivity contribution in [2.75, 3.05) is 13.1 Å². The summed E-state index contributed by atoms with van der Waals surface area (Å²) in [4.78, 5) is 14.3. The molecular formula is C15H17N3O. The molecule has 2 aliphatic rings. The van der Waals surface area contributed by atoms with Crippen LogP contribution in [0.5, 0.6) is 0 Å². The lowest BCUT2D eigenvalue weighted by Crippen LogP contribution is -2.33. The highest BCUT2D eigenvalue weighted by atomic mass is 16.2. The van der Waals surface area contributed by atoms with Crippen LogP contribution in [0.4, 0.5) is 0 Å². The van der Waals surface area contributed by atoms with Crippen LogP contribution in [0.3, 0.4) is 0 Å². The van der Waals surface area contributed by atoms with Gasteiger partial charge in [-0.3, -0.25) is 4.79 Å². The fourth-order valence-electron chi connectivity index (χ4n) is 3.34. The zero-order valence-electron chi connectivity index (χ0n) is 10.7. The van der Waals surface area contributed by atoms with Crippen LogP contribution < -0.4 is 5.73 Å². The van der Waals surface area contributed by atoms with E-state index in [0.717, 1.165) is 25.9 Å². The lowest BCUT2D eigenvalue weighted by Gasteiger charge is -2.18. The Morgan fingerprint density at radius 2 is 2.00 bits per heavy atom. The monoisotopic (exact) mass is 255 g/mol. The number of benzene rings is 1. The molecule has 4 heteroatoms. The maximum atomic E-state index is 12.4. The van der Waals surface area contributed by atoms with Crippen molar-refractivity contribution in [3.63, 3.8) is 0 Å². The van der Waals surface area contributed by atoms with Crippen molar-refractivity contribution in [3.05, 3.63) is 35.4 Å². The summed E-state index contributed by atoms with van der Waals surface area (Å²) in [6.45, 7) is 1.61. The standard InChI is InChI=1S/C15H17N3O/c16-7-10-1-3-11(4-2-10)15(19)18-8-12-5-6-14(17)13(12)9-18/h1-4,12-14H,5-6,8-9,17H2/t12-,13-,14-/m0/s1. The Morgan fingerprint density at radius 3 is 2.63 bits per heavy atom. The van der Waals surface area contributed by atoms with Crippen molar-refractivity contribution < 1.29 is 4.79 Å². The molecule has 0 aromatic heterocycles. The molecule has 0 radical (unpaired) electrons. The molecule has 2 fully saturated rings. The molecule has 0 unspecified atom stereocenters. The topological polar surface area (TPSA) is 70.1 Å². The fraction of sp³-hybridized carbons (Fsp3) is 0.467. The van der Waals surface area contributed by atoms with Crippen molar-refractivity contribution >= 4 is 5.91 Å². The molecule has 0 bridgehead atoms. The molecule has 1 amide bonds. The SMILES string of the molecule is N#Cc1ccc(C(=O)N2C[C@@H]3CC[C@H](N)[C@H]3C2)cc1. The molecule has 1 heterocycles. The second kappa shape index (κ2) is 4.67. The number of fused-ring (bicyclic) bond motifs is 1. The van der Waals surface area contributed by atoms with Gasteiger partial charge in [-0.1, -0.05) is 0 Å². The van der Waals surface area contributed by atoms with Gasteiger partial charge in [0.05, 0.1) is 11.6 Å². The lowest BCUT2D eigenvalue weighted by atomic mass is 9.98. The summed E-state index contributed by atoms with van der Waals surface area (Å²) >= 11 is 0. The summed E-state index contributed by atoms with van der Waals surface area (Å²) in [6, 6.07) is 9.16. The Bertz CT molecular complexity index is 531. The van der Waals surface area contributed by atoms with E-state index in [2.05, 4.69) is 6.07 Å². The lowest BCUT2D eigenvalue weighted by molar-refractivity contribution is 0.0779. The first-order valence-corrected chi connectivity index (χ1v) is 6.74. The first-order valence-electron chi connectivity index (χ1n) is 6.74. The van der Waals surface area contributed by atoms with Crippen LogP contribution in [0.25, 0.3) is 0 Å². The van der Waals surface area contributed by atoms with E-state index in [-0.39, 0.29) is 11.9 Å². The van der Waals surface area contributed by atoms with E-state index < -0.39 is 0 Å². The third kappa shape index (κ3) is 2.11. The summed E-state index contributed by atoms with van der Waals surface area (Å²) in [5, 5.41) is 8.76. The van der Waals surface area contributed by atoms with Crippen molar-refractivity contribution in [1.29, 1.82) is 5.26 Å². The van der Waals surface area contributed by atoms with E-state index in [1.54, 1.807) is 24.3 Å². The molecule has 2 N–H and O–H groups in total. The molecule has 1 saturated carbocycles. The minimum absolute atomic E-state index is 0.0612. The predicted molar refractivity (Wildman–Crippen MR) is 71.2 cm³/mol. The highest BCUT2D eigenvalue weighted by molar-refractivity contribution is 5.94. The molecule has 3 atom stereocenters. The maximum Gasteiger partial charge on any atom is 0.253 e. The quantitative estimate of drug-likeness (QED) is 0.824. The number of nitrogens with two attached hydrogens (primary N) is 1. The van der Waals surface area contributed by atoms with Crippen molar-refractivity contribution in [3.8, 4) is 6.07 Å². The number of hydrogen-bond donors (Lipinski definition) is 1. The third-order valence-electron chi connectivity index (χ3n) is 4.46.